The van der Waals surface area contributed by atoms with Crippen molar-refractivity contribution < 1.29 is 27.2 Å². The molecule has 2 aromatic carbocycles. The normalized spacial score (nSPS) is 11.4. The zero-order valence-corrected chi connectivity index (χ0v) is 16.8. The fourth-order valence-corrected chi connectivity index (χ4v) is 3.41. The number of sulfonamides is 1. The van der Waals surface area contributed by atoms with Gasteiger partial charge in [-0.25, -0.2) is 17.5 Å². The van der Waals surface area contributed by atoms with Gasteiger partial charge in [0.1, 0.15) is 5.75 Å². The predicted octanol–water partition coefficient (Wildman–Crippen LogP) is 2.35. The number of hydrogen-bond donors (Lipinski definition) is 0. The maximum Gasteiger partial charge on any atom is 0.338 e. The van der Waals surface area contributed by atoms with Gasteiger partial charge in [0, 0.05) is 14.1 Å². The number of para-hydroxylation sites is 1. The smallest absolute Gasteiger partial charge is 0.338 e. The number of esters is 1. The molecular formula is C19H19N3O6S. The molecule has 0 spiro atoms. The molecule has 1 heterocycles. The second kappa shape index (κ2) is 8.41. The lowest BCUT2D eigenvalue weighted by Gasteiger charge is -2.11. The zero-order valence-electron chi connectivity index (χ0n) is 16.0. The van der Waals surface area contributed by atoms with E-state index in [4.69, 9.17) is 14.0 Å². The summed E-state index contributed by atoms with van der Waals surface area (Å²) in [6, 6.07) is 12.8. The Morgan fingerprint density at radius 3 is 2.62 bits per heavy atom. The molecule has 0 amide bonds. The average molecular weight is 417 g/mol. The Bertz CT molecular complexity index is 1120. The summed E-state index contributed by atoms with van der Waals surface area (Å²) in [7, 11) is 0.697. The van der Waals surface area contributed by atoms with E-state index in [2.05, 4.69) is 10.1 Å². The summed E-state index contributed by atoms with van der Waals surface area (Å²) in [6.45, 7) is -0.258. The van der Waals surface area contributed by atoms with E-state index in [1.807, 2.05) is 12.1 Å². The zero-order chi connectivity index (χ0) is 21.0. The van der Waals surface area contributed by atoms with Crippen molar-refractivity contribution in [2.75, 3.05) is 21.2 Å². The fraction of sp³-hybridized carbons (Fsp3) is 0.211. The lowest BCUT2D eigenvalue weighted by molar-refractivity contribution is 0.0429. The van der Waals surface area contributed by atoms with Gasteiger partial charge in [0.15, 0.2) is 6.61 Å². The number of aromatic nitrogens is 2. The first-order valence-corrected chi connectivity index (χ1v) is 9.92. The van der Waals surface area contributed by atoms with Crippen molar-refractivity contribution in [3.8, 4) is 17.1 Å². The molecule has 3 rings (SSSR count). The number of nitrogens with zero attached hydrogens (tertiary/aromatic N) is 3. The highest BCUT2D eigenvalue weighted by molar-refractivity contribution is 7.89. The van der Waals surface area contributed by atoms with Crippen LogP contribution in [0.1, 0.15) is 16.2 Å². The third-order valence-corrected chi connectivity index (χ3v) is 5.80. The van der Waals surface area contributed by atoms with Gasteiger partial charge in [0.05, 0.1) is 23.1 Å². The number of carbonyl (C=O) groups excluding carboxylic acids is 1. The number of hydrogen-bond acceptors (Lipinski definition) is 8. The molecule has 10 heteroatoms. The minimum absolute atomic E-state index is 0.00630. The van der Waals surface area contributed by atoms with Crippen LogP contribution in [0.25, 0.3) is 11.4 Å². The molecule has 0 unspecified atom stereocenters. The van der Waals surface area contributed by atoms with Crippen LogP contribution in [0.2, 0.25) is 0 Å². The molecule has 1 aromatic heterocycles. The van der Waals surface area contributed by atoms with Crippen LogP contribution in [0.15, 0.2) is 57.9 Å². The van der Waals surface area contributed by atoms with Crippen LogP contribution in [0.4, 0.5) is 0 Å². The van der Waals surface area contributed by atoms with E-state index in [1.165, 1.54) is 45.5 Å². The number of benzene rings is 2. The lowest BCUT2D eigenvalue weighted by Crippen LogP contribution is -2.22. The average Bonchev–Trinajstić information content (AvgIpc) is 3.20. The van der Waals surface area contributed by atoms with Crippen LogP contribution >= 0.6 is 0 Å². The topological polar surface area (TPSA) is 112 Å². The third-order valence-electron chi connectivity index (χ3n) is 3.99. The molecule has 0 N–H and O–H groups in total. The first kappa shape index (κ1) is 20.5. The van der Waals surface area contributed by atoms with Crippen molar-refractivity contribution in [2.24, 2.45) is 0 Å². The number of methoxy groups -OCH3 is 1. The van der Waals surface area contributed by atoms with Gasteiger partial charge in [-0.15, -0.1) is 0 Å². The van der Waals surface area contributed by atoms with Crippen molar-refractivity contribution in [2.45, 2.75) is 11.5 Å². The molecule has 0 radical (unpaired) electrons. The van der Waals surface area contributed by atoms with Crippen LogP contribution < -0.4 is 4.74 Å². The van der Waals surface area contributed by atoms with Crippen molar-refractivity contribution in [1.82, 2.24) is 14.4 Å². The molecular weight excluding hydrogens is 398 g/mol. The molecule has 3 aromatic rings. The molecule has 0 saturated carbocycles. The monoisotopic (exact) mass is 417 g/mol. The summed E-state index contributed by atoms with van der Waals surface area (Å²) in [6.07, 6.45) is 0. The quantitative estimate of drug-likeness (QED) is 0.539. The molecule has 0 aliphatic carbocycles. The van der Waals surface area contributed by atoms with Crippen LogP contribution in [0.5, 0.6) is 5.75 Å². The van der Waals surface area contributed by atoms with E-state index < -0.39 is 16.0 Å². The fourth-order valence-electron chi connectivity index (χ4n) is 2.46. The molecule has 152 valence electrons. The van der Waals surface area contributed by atoms with Gasteiger partial charge in [0.25, 0.3) is 5.89 Å². The van der Waals surface area contributed by atoms with Crippen LogP contribution in [0.3, 0.4) is 0 Å². The Hall–Kier alpha value is -3.24. The molecule has 0 fully saturated rings. The lowest BCUT2D eigenvalue weighted by atomic mass is 10.2. The largest absolute Gasteiger partial charge is 0.496 e. The summed E-state index contributed by atoms with van der Waals surface area (Å²) in [5.41, 5.74) is 0.732. The number of ether oxygens (including phenoxy) is 2. The van der Waals surface area contributed by atoms with Crippen molar-refractivity contribution in [1.29, 1.82) is 0 Å². The Balaban J connectivity index is 1.72. The van der Waals surface area contributed by atoms with E-state index in [0.717, 1.165) is 4.31 Å². The van der Waals surface area contributed by atoms with E-state index in [0.29, 0.717) is 17.1 Å². The summed E-state index contributed by atoms with van der Waals surface area (Å²) >= 11 is 0. The van der Waals surface area contributed by atoms with Gasteiger partial charge < -0.3 is 14.0 Å². The summed E-state index contributed by atoms with van der Waals surface area (Å²) in [4.78, 5) is 16.5. The summed E-state index contributed by atoms with van der Waals surface area (Å²) in [5, 5.41) is 3.87. The number of rotatable bonds is 7. The Morgan fingerprint density at radius 2 is 1.90 bits per heavy atom. The van der Waals surface area contributed by atoms with Crippen molar-refractivity contribution >= 4 is 16.0 Å². The van der Waals surface area contributed by atoms with Crippen LogP contribution in [-0.4, -0.2) is 50.0 Å². The van der Waals surface area contributed by atoms with Crippen LogP contribution in [-0.2, 0) is 21.4 Å². The second-order valence-electron chi connectivity index (χ2n) is 6.10. The van der Waals surface area contributed by atoms with E-state index in [9.17, 15) is 13.2 Å². The highest BCUT2D eigenvalue weighted by Gasteiger charge is 2.20. The number of carbonyl (C=O) groups is 1. The minimum Gasteiger partial charge on any atom is -0.496 e. The minimum atomic E-state index is -3.66. The van der Waals surface area contributed by atoms with E-state index >= 15 is 0 Å². The summed E-state index contributed by atoms with van der Waals surface area (Å²) < 4.78 is 41.0. The predicted molar refractivity (Wildman–Crippen MR) is 103 cm³/mol. The third kappa shape index (κ3) is 4.44. The first-order chi connectivity index (χ1) is 13.8. The molecule has 0 aliphatic heterocycles. The molecule has 29 heavy (non-hydrogen) atoms. The van der Waals surface area contributed by atoms with E-state index in [1.54, 1.807) is 12.1 Å². The highest BCUT2D eigenvalue weighted by atomic mass is 32.2. The van der Waals surface area contributed by atoms with Crippen molar-refractivity contribution in [3.05, 3.63) is 60.0 Å². The van der Waals surface area contributed by atoms with Gasteiger partial charge in [-0.2, -0.15) is 4.98 Å². The molecule has 0 atom stereocenters. The van der Waals surface area contributed by atoms with Gasteiger partial charge >= 0.3 is 5.97 Å². The molecule has 0 bridgehead atoms. The Labute approximate surface area is 167 Å². The maximum atomic E-state index is 12.3. The van der Waals surface area contributed by atoms with Gasteiger partial charge in [-0.05, 0) is 30.3 Å². The standard InChI is InChI=1S/C19H19N3O6S/c1-22(2)29(24,25)14-8-6-7-13(11-14)19(23)27-12-17-20-18(21-28-17)15-9-4-5-10-16(15)26-3/h4-11H,12H2,1-3H3. The van der Waals surface area contributed by atoms with Gasteiger partial charge in [-0.3, -0.25) is 0 Å². The maximum absolute atomic E-state index is 12.3. The Morgan fingerprint density at radius 1 is 1.14 bits per heavy atom. The Kier molecular flexibility index (Phi) is 5.95. The molecule has 9 nitrogen and oxygen atoms in total. The molecule has 0 aliphatic rings. The van der Waals surface area contributed by atoms with Crippen LogP contribution in [0, 0.1) is 0 Å². The second-order valence-corrected chi connectivity index (χ2v) is 8.26. The summed E-state index contributed by atoms with van der Waals surface area (Å²) in [5.74, 6) is 0.262. The van der Waals surface area contributed by atoms with Crippen molar-refractivity contribution in [3.63, 3.8) is 0 Å². The van der Waals surface area contributed by atoms with Gasteiger partial charge in [-0.1, -0.05) is 23.4 Å². The van der Waals surface area contributed by atoms with Gasteiger partial charge in [0.2, 0.25) is 15.8 Å². The SMILES string of the molecule is COc1ccccc1-c1noc(COC(=O)c2cccc(S(=O)(=O)N(C)C)c2)n1. The molecule has 0 saturated heterocycles. The van der Waals surface area contributed by atoms with E-state index in [-0.39, 0.29) is 23.0 Å². The first-order valence-electron chi connectivity index (χ1n) is 8.48. The highest BCUT2D eigenvalue weighted by Crippen LogP contribution is 2.27.